The van der Waals surface area contributed by atoms with Gasteiger partial charge in [-0.3, -0.25) is 9.36 Å². The minimum atomic E-state index is -0.838. The quantitative estimate of drug-likeness (QED) is 0.859. The highest BCUT2D eigenvalue weighted by molar-refractivity contribution is 7.99. The number of benzene rings is 1. The summed E-state index contributed by atoms with van der Waals surface area (Å²) in [5.41, 5.74) is 1.99. The number of hydrogen-bond acceptors (Lipinski definition) is 4. The van der Waals surface area contributed by atoms with E-state index in [2.05, 4.69) is 4.98 Å². The molecular weight excluding hydrogens is 280 g/mol. The average molecular weight is 294 g/mol. The molecule has 0 aliphatic heterocycles. The smallest absolute Gasteiger partial charge is 0.313 e. The molecule has 19 heavy (non-hydrogen) atoms. The van der Waals surface area contributed by atoms with Gasteiger partial charge in [0.25, 0.3) is 0 Å². The minimum absolute atomic E-state index is 0.0132. The monoisotopic (exact) mass is 294 g/mol. The van der Waals surface area contributed by atoms with E-state index in [1.165, 1.54) is 16.7 Å². The second-order valence-electron chi connectivity index (χ2n) is 3.90. The van der Waals surface area contributed by atoms with E-state index in [-0.39, 0.29) is 5.75 Å². The first kappa shape index (κ1) is 14.0. The predicted molar refractivity (Wildman–Crippen MR) is 78.4 cm³/mol. The van der Waals surface area contributed by atoms with Crippen molar-refractivity contribution < 1.29 is 9.90 Å². The summed E-state index contributed by atoms with van der Waals surface area (Å²) in [5.74, 6) is -0.825. The highest BCUT2D eigenvalue weighted by atomic mass is 32.2. The van der Waals surface area contributed by atoms with E-state index in [0.29, 0.717) is 5.16 Å². The van der Waals surface area contributed by atoms with Gasteiger partial charge in [-0.2, -0.15) is 0 Å². The van der Waals surface area contributed by atoms with Gasteiger partial charge in [0.05, 0.1) is 5.75 Å². The number of imidazole rings is 1. The lowest BCUT2D eigenvalue weighted by Gasteiger charge is -2.09. The molecule has 0 radical (unpaired) electrons. The van der Waals surface area contributed by atoms with E-state index >= 15 is 0 Å². The summed E-state index contributed by atoms with van der Waals surface area (Å²) in [6.45, 7) is 1.96. The first-order valence-corrected chi connectivity index (χ1v) is 7.86. The summed E-state index contributed by atoms with van der Waals surface area (Å²) in [4.78, 5) is 16.1. The van der Waals surface area contributed by atoms with Crippen molar-refractivity contribution in [3.63, 3.8) is 0 Å². The van der Waals surface area contributed by atoms with Gasteiger partial charge in [-0.05, 0) is 37.4 Å². The van der Waals surface area contributed by atoms with Crippen LogP contribution in [-0.2, 0) is 4.79 Å². The molecule has 1 N–H and O–H groups in total. The van der Waals surface area contributed by atoms with Crippen LogP contribution in [-0.4, -0.2) is 32.6 Å². The fourth-order valence-corrected chi connectivity index (χ4v) is 2.86. The molecule has 4 nitrogen and oxygen atoms in total. The molecule has 0 saturated carbocycles. The fraction of sp³-hybridized carbons (Fsp3) is 0.231. The van der Waals surface area contributed by atoms with Crippen LogP contribution in [0, 0.1) is 6.92 Å². The molecule has 1 aromatic carbocycles. The lowest BCUT2D eigenvalue weighted by molar-refractivity contribution is -0.133. The van der Waals surface area contributed by atoms with Gasteiger partial charge in [-0.15, -0.1) is 11.8 Å². The molecule has 0 saturated heterocycles. The second kappa shape index (κ2) is 6.16. The lowest BCUT2D eigenvalue weighted by atomic mass is 10.3. The van der Waals surface area contributed by atoms with Crippen LogP contribution >= 0.6 is 23.5 Å². The maximum atomic E-state index is 10.7. The molecule has 2 rings (SSSR count). The molecule has 1 heterocycles. The Labute approximate surface area is 120 Å². The number of aryl methyl sites for hydroxylation is 1. The van der Waals surface area contributed by atoms with Crippen molar-refractivity contribution in [2.45, 2.75) is 17.0 Å². The van der Waals surface area contributed by atoms with Gasteiger partial charge in [0.1, 0.15) is 0 Å². The van der Waals surface area contributed by atoms with E-state index in [9.17, 15) is 4.79 Å². The lowest BCUT2D eigenvalue weighted by Crippen LogP contribution is -2.02. The number of hydrogen-bond donors (Lipinski definition) is 1. The maximum Gasteiger partial charge on any atom is 0.313 e. The van der Waals surface area contributed by atoms with Gasteiger partial charge in [0, 0.05) is 22.5 Å². The highest BCUT2D eigenvalue weighted by Gasteiger charge is 2.11. The zero-order valence-electron chi connectivity index (χ0n) is 10.7. The minimum Gasteiger partial charge on any atom is -0.481 e. The summed E-state index contributed by atoms with van der Waals surface area (Å²) in [6, 6.07) is 8.13. The van der Waals surface area contributed by atoms with Crippen LogP contribution in [0.3, 0.4) is 0 Å². The van der Waals surface area contributed by atoms with Crippen molar-refractivity contribution in [3.05, 3.63) is 36.2 Å². The van der Waals surface area contributed by atoms with Gasteiger partial charge >= 0.3 is 5.97 Å². The number of rotatable bonds is 5. The second-order valence-corrected chi connectivity index (χ2v) is 5.72. The summed E-state index contributed by atoms with van der Waals surface area (Å²) in [6.07, 6.45) is 3.79. The van der Waals surface area contributed by atoms with Gasteiger partial charge in [0.15, 0.2) is 5.16 Å². The van der Waals surface area contributed by atoms with Crippen LogP contribution in [0.2, 0.25) is 0 Å². The predicted octanol–water partition coefficient (Wildman–Crippen LogP) is 3.08. The molecule has 1 aromatic heterocycles. The number of carboxylic acid groups (broad SMARTS) is 1. The third kappa shape index (κ3) is 3.33. The molecule has 6 heteroatoms. The average Bonchev–Trinajstić information content (AvgIpc) is 2.78. The zero-order chi connectivity index (χ0) is 13.8. The van der Waals surface area contributed by atoms with Gasteiger partial charge in [-0.25, -0.2) is 4.98 Å². The van der Waals surface area contributed by atoms with E-state index in [0.717, 1.165) is 11.4 Å². The molecule has 0 spiro atoms. The third-order valence-corrected chi connectivity index (χ3v) is 4.24. The largest absolute Gasteiger partial charge is 0.481 e. The summed E-state index contributed by atoms with van der Waals surface area (Å²) < 4.78 is 1.97. The van der Waals surface area contributed by atoms with Crippen LogP contribution in [0.25, 0.3) is 5.69 Å². The van der Waals surface area contributed by atoms with Crippen molar-refractivity contribution in [1.82, 2.24) is 9.55 Å². The van der Waals surface area contributed by atoms with Crippen molar-refractivity contribution in [1.29, 1.82) is 0 Å². The van der Waals surface area contributed by atoms with Gasteiger partial charge in [-0.1, -0.05) is 11.8 Å². The fourth-order valence-electron chi connectivity index (χ4n) is 1.69. The molecule has 0 aliphatic carbocycles. The van der Waals surface area contributed by atoms with E-state index < -0.39 is 5.97 Å². The normalized spacial score (nSPS) is 10.6. The van der Waals surface area contributed by atoms with Crippen molar-refractivity contribution in [3.8, 4) is 5.69 Å². The Morgan fingerprint density at radius 3 is 2.63 bits per heavy atom. The van der Waals surface area contributed by atoms with E-state index in [1.807, 2.05) is 42.0 Å². The molecule has 0 aliphatic rings. The van der Waals surface area contributed by atoms with Crippen molar-refractivity contribution >= 4 is 29.5 Å². The Balaban J connectivity index is 2.31. The zero-order valence-corrected chi connectivity index (χ0v) is 12.3. The van der Waals surface area contributed by atoms with Gasteiger partial charge < -0.3 is 5.11 Å². The number of carboxylic acids is 1. The van der Waals surface area contributed by atoms with Crippen LogP contribution in [0.1, 0.15) is 5.69 Å². The number of aliphatic carboxylic acids is 1. The number of thioether (sulfide) groups is 2. The molecule has 0 bridgehead atoms. The summed E-state index contributed by atoms with van der Waals surface area (Å²) in [5, 5.41) is 9.46. The summed E-state index contributed by atoms with van der Waals surface area (Å²) in [7, 11) is 0. The standard InChI is InChI=1S/C13H14N2O2S2/c1-9-7-14-13(19-8-12(16)17)15(9)10-3-5-11(18-2)6-4-10/h3-7H,8H2,1-2H3,(H,16,17). The van der Waals surface area contributed by atoms with Crippen LogP contribution in [0.4, 0.5) is 0 Å². The van der Waals surface area contributed by atoms with Crippen LogP contribution in [0.15, 0.2) is 40.5 Å². The number of carbonyl (C=O) groups is 1. The van der Waals surface area contributed by atoms with Crippen LogP contribution < -0.4 is 0 Å². The third-order valence-electron chi connectivity index (χ3n) is 2.56. The first-order valence-electron chi connectivity index (χ1n) is 5.65. The van der Waals surface area contributed by atoms with E-state index in [4.69, 9.17) is 5.11 Å². The first-order chi connectivity index (χ1) is 9.11. The SMILES string of the molecule is CSc1ccc(-n2c(C)cnc2SCC(=O)O)cc1. The molecule has 0 unspecified atom stereocenters. The Morgan fingerprint density at radius 2 is 2.05 bits per heavy atom. The van der Waals surface area contributed by atoms with Crippen molar-refractivity contribution in [2.24, 2.45) is 0 Å². The molecule has 0 atom stereocenters. The molecule has 0 amide bonds. The number of aromatic nitrogens is 2. The Kier molecular flexibility index (Phi) is 4.55. The Hall–Kier alpha value is -1.40. The molecular formula is C13H14N2O2S2. The summed E-state index contributed by atoms with van der Waals surface area (Å²) >= 11 is 2.92. The molecule has 2 aromatic rings. The Morgan fingerprint density at radius 1 is 1.37 bits per heavy atom. The maximum absolute atomic E-state index is 10.7. The molecule has 0 fully saturated rings. The Bertz CT molecular complexity index is 579. The topological polar surface area (TPSA) is 55.1 Å². The number of nitrogens with zero attached hydrogens (tertiary/aromatic N) is 2. The van der Waals surface area contributed by atoms with Gasteiger partial charge in [0.2, 0.25) is 0 Å². The van der Waals surface area contributed by atoms with E-state index in [1.54, 1.807) is 18.0 Å². The highest BCUT2D eigenvalue weighted by Crippen LogP contribution is 2.24. The van der Waals surface area contributed by atoms with Crippen LogP contribution in [0.5, 0.6) is 0 Å². The van der Waals surface area contributed by atoms with Crippen molar-refractivity contribution in [2.75, 3.05) is 12.0 Å². The molecule has 100 valence electrons.